The number of nitrogens with zero attached hydrogens (tertiary/aromatic N) is 1. The first-order chi connectivity index (χ1) is 7.59. The third-order valence-electron chi connectivity index (χ3n) is 3.89. The van der Waals surface area contributed by atoms with Gasteiger partial charge in [-0.15, -0.1) is 0 Å². The van der Waals surface area contributed by atoms with Gasteiger partial charge in [0.2, 0.25) is 0 Å². The van der Waals surface area contributed by atoms with Crippen LogP contribution in [-0.2, 0) is 6.42 Å². The summed E-state index contributed by atoms with van der Waals surface area (Å²) in [6, 6.07) is 13.2. The molecular formula is C15H17N. The molecule has 3 rings (SSSR count). The maximum absolute atomic E-state index is 2.40. The molecule has 0 saturated heterocycles. The molecule has 1 heterocycles. The van der Waals surface area contributed by atoms with E-state index in [0.29, 0.717) is 0 Å². The zero-order valence-corrected chi connectivity index (χ0v) is 10.1. The van der Waals surface area contributed by atoms with Crippen molar-refractivity contribution in [2.75, 3.05) is 11.9 Å². The van der Waals surface area contributed by atoms with Crippen LogP contribution < -0.4 is 4.90 Å². The van der Waals surface area contributed by atoms with Crippen molar-refractivity contribution in [1.82, 2.24) is 0 Å². The number of anilines is 1. The predicted octanol–water partition coefficient (Wildman–Crippen LogP) is 3.61. The average Bonchev–Trinajstić information content (AvgIpc) is 2.51. The van der Waals surface area contributed by atoms with Gasteiger partial charge in [-0.25, -0.2) is 0 Å². The topological polar surface area (TPSA) is 3.24 Å². The highest BCUT2D eigenvalue weighted by Gasteiger charge is 2.33. The van der Waals surface area contributed by atoms with Gasteiger partial charge in [0.25, 0.3) is 0 Å². The van der Waals surface area contributed by atoms with Crippen molar-refractivity contribution >= 4 is 16.5 Å². The number of benzene rings is 2. The van der Waals surface area contributed by atoms with E-state index in [2.05, 4.69) is 62.2 Å². The molecule has 82 valence electrons. The van der Waals surface area contributed by atoms with Crippen molar-refractivity contribution in [3.63, 3.8) is 0 Å². The lowest BCUT2D eigenvalue weighted by molar-refractivity contribution is 0.517. The van der Waals surface area contributed by atoms with Gasteiger partial charge < -0.3 is 4.90 Å². The van der Waals surface area contributed by atoms with E-state index in [1.807, 2.05) is 0 Å². The van der Waals surface area contributed by atoms with E-state index >= 15 is 0 Å². The van der Waals surface area contributed by atoms with Crippen molar-refractivity contribution < 1.29 is 0 Å². The lowest BCUT2D eigenvalue weighted by Gasteiger charge is -2.29. The lowest BCUT2D eigenvalue weighted by Crippen LogP contribution is -2.37. The molecule has 0 atom stereocenters. The van der Waals surface area contributed by atoms with Gasteiger partial charge >= 0.3 is 0 Å². The lowest BCUT2D eigenvalue weighted by atomic mass is 9.96. The van der Waals surface area contributed by atoms with Gasteiger partial charge in [0.05, 0.1) is 0 Å². The Morgan fingerprint density at radius 1 is 1.06 bits per heavy atom. The summed E-state index contributed by atoms with van der Waals surface area (Å²) < 4.78 is 0. The standard InChI is InChI=1S/C15H17N/c1-15(2)10-13-12-7-5-4-6-11(12)8-9-14(13)16(15)3/h4-9H,10H2,1-3H3. The first kappa shape index (κ1) is 9.71. The highest BCUT2D eigenvalue weighted by atomic mass is 15.2. The second kappa shape index (κ2) is 3.00. The first-order valence-electron chi connectivity index (χ1n) is 5.84. The molecule has 2 aromatic carbocycles. The number of rotatable bonds is 0. The summed E-state index contributed by atoms with van der Waals surface area (Å²) in [5.74, 6) is 0. The molecule has 0 radical (unpaired) electrons. The zero-order chi connectivity index (χ0) is 11.3. The summed E-state index contributed by atoms with van der Waals surface area (Å²) >= 11 is 0. The quantitative estimate of drug-likeness (QED) is 0.643. The van der Waals surface area contributed by atoms with Crippen molar-refractivity contribution in [3.8, 4) is 0 Å². The van der Waals surface area contributed by atoms with Gasteiger partial charge in [0.1, 0.15) is 0 Å². The second-order valence-electron chi connectivity index (χ2n) is 5.33. The first-order valence-corrected chi connectivity index (χ1v) is 5.84. The Morgan fingerprint density at radius 2 is 1.81 bits per heavy atom. The fourth-order valence-corrected chi connectivity index (χ4v) is 2.70. The molecule has 0 unspecified atom stereocenters. The van der Waals surface area contributed by atoms with E-state index in [9.17, 15) is 0 Å². The fourth-order valence-electron chi connectivity index (χ4n) is 2.70. The van der Waals surface area contributed by atoms with Gasteiger partial charge in [-0.3, -0.25) is 0 Å². The molecule has 1 heteroatoms. The summed E-state index contributed by atoms with van der Waals surface area (Å²) in [7, 11) is 2.20. The Morgan fingerprint density at radius 3 is 2.62 bits per heavy atom. The van der Waals surface area contributed by atoms with Crippen LogP contribution in [0.15, 0.2) is 36.4 Å². The van der Waals surface area contributed by atoms with Crippen LogP contribution in [-0.4, -0.2) is 12.6 Å². The smallest absolute Gasteiger partial charge is 0.0408 e. The molecule has 0 aliphatic carbocycles. The third-order valence-corrected chi connectivity index (χ3v) is 3.89. The Labute approximate surface area is 96.7 Å². The normalized spacial score (nSPS) is 17.8. The van der Waals surface area contributed by atoms with Crippen LogP contribution in [0.1, 0.15) is 19.4 Å². The van der Waals surface area contributed by atoms with E-state index in [4.69, 9.17) is 0 Å². The summed E-state index contributed by atoms with van der Waals surface area (Å²) in [4.78, 5) is 2.40. The molecule has 0 aromatic heterocycles. The summed E-state index contributed by atoms with van der Waals surface area (Å²) in [5, 5.41) is 2.77. The Balaban J connectivity index is 2.32. The van der Waals surface area contributed by atoms with E-state index in [1.54, 1.807) is 0 Å². The Bertz CT molecular complexity index is 554. The van der Waals surface area contributed by atoms with Crippen LogP contribution in [0.5, 0.6) is 0 Å². The average molecular weight is 211 g/mol. The highest BCUT2D eigenvalue weighted by molar-refractivity contribution is 5.91. The summed E-state index contributed by atoms with van der Waals surface area (Å²) in [6.45, 7) is 4.61. The van der Waals surface area contributed by atoms with Crippen molar-refractivity contribution in [3.05, 3.63) is 42.0 Å². The van der Waals surface area contributed by atoms with Gasteiger partial charge in [0, 0.05) is 18.3 Å². The van der Waals surface area contributed by atoms with Crippen LogP contribution in [0.25, 0.3) is 10.8 Å². The summed E-state index contributed by atoms with van der Waals surface area (Å²) in [6.07, 6.45) is 1.14. The monoisotopic (exact) mass is 211 g/mol. The highest BCUT2D eigenvalue weighted by Crippen LogP contribution is 2.40. The molecule has 1 aliphatic rings. The summed E-state index contributed by atoms with van der Waals surface area (Å²) in [5.41, 5.74) is 3.14. The molecule has 0 spiro atoms. The number of hydrogen-bond donors (Lipinski definition) is 0. The molecular weight excluding hydrogens is 194 g/mol. The molecule has 0 bridgehead atoms. The maximum atomic E-state index is 2.40. The van der Waals surface area contributed by atoms with Gasteiger partial charge in [-0.1, -0.05) is 30.3 Å². The molecule has 0 fully saturated rings. The molecule has 1 nitrogen and oxygen atoms in total. The minimum Gasteiger partial charge on any atom is -0.369 e. The van der Waals surface area contributed by atoms with Crippen LogP contribution in [0.3, 0.4) is 0 Å². The fraction of sp³-hybridized carbons (Fsp3) is 0.333. The molecule has 0 N–H and O–H groups in total. The van der Waals surface area contributed by atoms with Crippen LogP contribution >= 0.6 is 0 Å². The van der Waals surface area contributed by atoms with Gasteiger partial charge in [-0.05, 0) is 42.7 Å². The Hall–Kier alpha value is -1.50. The van der Waals surface area contributed by atoms with Crippen molar-refractivity contribution in [1.29, 1.82) is 0 Å². The number of likely N-dealkylation sites (N-methyl/N-ethyl adjacent to an activating group) is 1. The minimum atomic E-state index is 0.243. The van der Waals surface area contributed by atoms with E-state index in [0.717, 1.165) is 6.42 Å². The van der Waals surface area contributed by atoms with E-state index in [-0.39, 0.29) is 5.54 Å². The largest absolute Gasteiger partial charge is 0.369 e. The maximum Gasteiger partial charge on any atom is 0.0408 e. The van der Waals surface area contributed by atoms with Crippen LogP contribution in [0.2, 0.25) is 0 Å². The van der Waals surface area contributed by atoms with Crippen LogP contribution in [0.4, 0.5) is 5.69 Å². The molecule has 16 heavy (non-hydrogen) atoms. The molecule has 1 aliphatic heterocycles. The van der Waals surface area contributed by atoms with E-state index in [1.165, 1.54) is 22.0 Å². The third kappa shape index (κ3) is 1.18. The number of hydrogen-bond acceptors (Lipinski definition) is 1. The number of fused-ring (bicyclic) bond motifs is 3. The molecule has 0 amide bonds. The zero-order valence-electron chi connectivity index (χ0n) is 10.1. The predicted molar refractivity (Wildman–Crippen MR) is 70.1 cm³/mol. The van der Waals surface area contributed by atoms with Crippen LogP contribution in [0, 0.1) is 0 Å². The molecule has 2 aromatic rings. The molecule has 0 saturated carbocycles. The minimum absolute atomic E-state index is 0.243. The van der Waals surface area contributed by atoms with Crippen molar-refractivity contribution in [2.45, 2.75) is 25.8 Å². The van der Waals surface area contributed by atoms with Gasteiger partial charge in [-0.2, -0.15) is 0 Å². The van der Waals surface area contributed by atoms with E-state index < -0.39 is 0 Å². The van der Waals surface area contributed by atoms with Crippen molar-refractivity contribution in [2.24, 2.45) is 0 Å². The second-order valence-corrected chi connectivity index (χ2v) is 5.33. The SMILES string of the molecule is CN1c2ccc3ccccc3c2CC1(C)C. The Kier molecular flexibility index (Phi) is 1.82. The van der Waals surface area contributed by atoms with Gasteiger partial charge in [0.15, 0.2) is 0 Å².